The van der Waals surface area contributed by atoms with E-state index in [-0.39, 0.29) is 5.91 Å². The summed E-state index contributed by atoms with van der Waals surface area (Å²) in [4.78, 5) is 11.9. The molecule has 0 radical (unpaired) electrons. The summed E-state index contributed by atoms with van der Waals surface area (Å²) in [5.41, 5.74) is 5.30. The number of carbonyl (C=O) groups is 1. The van der Waals surface area contributed by atoms with E-state index in [9.17, 15) is 4.79 Å². The molecular weight excluding hydrogens is 200 g/mol. The number of hydrogen-bond donors (Lipinski definition) is 2. The quantitative estimate of drug-likeness (QED) is 0.765. The van der Waals surface area contributed by atoms with Gasteiger partial charge in [0.15, 0.2) is 0 Å². The van der Waals surface area contributed by atoms with Crippen LogP contribution in [0.2, 0.25) is 0 Å². The Bertz CT molecular complexity index is 273. The molecule has 0 aromatic rings. The van der Waals surface area contributed by atoms with Crippen LogP contribution in [0.3, 0.4) is 0 Å². The zero-order valence-corrected chi connectivity index (χ0v) is 10.5. The molecule has 2 unspecified atom stereocenters. The fraction of sp³-hybridized carbons (Fsp3) is 0.923. The molecule has 0 heterocycles. The molecular formula is C13H24N2O. The average Bonchev–Trinajstić information content (AvgIpc) is 3.01. The first-order valence-electron chi connectivity index (χ1n) is 6.64. The van der Waals surface area contributed by atoms with E-state index in [1.165, 1.54) is 19.3 Å². The second kappa shape index (κ2) is 4.36. The fourth-order valence-electron chi connectivity index (χ4n) is 3.25. The van der Waals surface area contributed by atoms with Crippen molar-refractivity contribution in [2.24, 2.45) is 17.6 Å². The molecule has 0 bridgehead atoms. The highest BCUT2D eigenvalue weighted by Gasteiger charge is 2.49. The van der Waals surface area contributed by atoms with Crippen molar-refractivity contribution < 1.29 is 4.79 Å². The number of nitrogens with one attached hydrogen (secondary N) is 1. The van der Waals surface area contributed by atoms with Gasteiger partial charge in [-0.3, -0.25) is 4.79 Å². The van der Waals surface area contributed by atoms with E-state index in [0.717, 1.165) is 19.3 Å². The largest absolute Gasteiger partial charge is 0.368 e. The Labute approximate surface area is 98.2 Å². The van der Waals surface area contributed by atoms with Crippen LogP contribution >= 0.6 is 0 Å². The van der Waals surface area contributed by atoms with Gasteiger partial charge in [-0.05, 0) is 37.5 Å². The summed E-state index contributed by atoms with van der Waals surface area (Å²) in [5, 5.41) is 3.56. The zero-order chi connectivity index (χ0) is 11.8. The van der Waals surface area contributed by atoms with Crippen molar-refractivity contribution in [3.63, 3.8) is 0 Å². The fourth-order valence-corrected chi connectivity index (χ4v) is 3.25. The summed E-state index contributed by atoms with van der Waals surface area (Å²) in [6, 6.07) is 0.548. The van der Waals surface area contributed by atoms with Crippen LogP contribution < -0.4 is 11.1 Å². The first-order chi connectivity index (χ1) is 7.56. The lowest BCUT2D eigenvalue weighted by Gasteiger charge is -2.44. The molecule has 3 N–H and O–H groups in total. The molecule has 2 aliphatic carbocycles. The molecule has 2 atom stereocenters. The van der Waals surface area contributed by atoms with Gasteiger partial charge in [-0.1, -0.05) is 26.7 Å². The molecule has 1 amide bonds. The minimum absolute atomic E-state index is 0.127. The number of amides is 1. The maximum absolute atomic E-state index is 11.9. The summed E-state index contributed by atoms with van der Waals surface area (Å²) in [6.45, 7) is 4.42. The van der Waals surface area contributed by atoms with E-state index < -0.39 is 5.54 Å². The molecule has 16 heavy (non-hydrogen) atoms. The van der Waals surface area contributed by atoms with E-state index >= 15 is 0 Å². The molecule has 0 saturated heterocycles. The molecule has 2 rings (SSSR count). The van der Waals surface area contributed by atoms with Gasteiger partial charge >= 0.3 is 0 Å². The third kappa shape index (κ3) is 2.10. The number of rotatable bonds is 4. The molecule has 3 nitrogen and oxygen atoms in total. The summed E-state index contributed by atoms with van der Waals surface area (Å²) in [7, 11) is 0. The first kappa shape index (κ1) is 11.9. The molecule has 0 spiro atoms. The van der Waals surface area contributed by atoms with Crippen molar-refractivity contribution >= 4 is 5.91 Å². The zero-order valence-electron chi connectivity index (χ0n) is 10.5. The Morgan fingerprint density at radius 1 is 1.31 bits per heavy atom. The van der Waals surface area contributed by atoms with Crippen LogP contribution in [0.1, 0.15) is 52.4 Å². The number of carbonyl (C=O) groups excluding carboxylic acids is 1. The summed E-state index contributed by atoms with van der Waals surface area (Å²) < 4.78 is 0. The van der Waals surface area contributed by atoms with Gasteiger partial charge in [-0.15, -0.1) is 0 Å². The average molecular weight is 224 g/mol. The lowest BCUT2D eigenvalue weighted by molar-refractivity contribution is -0.129. The van der Waals surface area contributed by atoms with Gasteiger partial charge in [-0.2, -0.15) is 0 Å². The number of nitrogens with two attached hydrogens (primary N) is 1. The van der Waals surface area contributed by atoms with Crippen molar-refractivity contribution in [1.29, 1.82) is 0 Å². The number of primary amides is 1. The smallest absolute Gasteiger partial charge is 0.238 e. The van der Waals surface area contributed by atoms with Crippen LogP contribution in [-0.2, 0) is 4.79 Å². The second-order valence-corrected chi connectivity index (χ2v) is 5.85. The van der Waals surface area contributed by atoms with E-state index in [1.807, 2.05) is 0 Å². The minimum Gasteiger partial charge on any atom is -0.368 e. The van der Waals surface area contributed by atoms with Crippen molar-refractivity contribution in [3.8, 4) is 0 Å². The Kier molecular flexibility index (Phi) is 3.24. The van der Waals surface area contributed by atoms with Gasteiger partial charge in [0.05, 0.1) is 0 Å². The maximum atomic E-state index is 11.9. The van der Waals surface area contributed by atoms with Crippen LogP contribution in [0, 0.1) is 11.8 Å². The van der Waals surface area contributed by atoms with E-state index in [0.29, 0.717) is 17.9 Å². The summed E-state index contributed by atoms with van der Waals surface area (Å²) in [5.74, 6) is 0.816. The molecule has 3 heteroatoms. The van der Waals surface area contributed by atoms with Gasteiger partial charge in [0.1, 0.15) is 5.54 Å². The van der Waals surface area contributed by atoms with Crippen molar-refractivity contribution in [2.45, 2.75) is 64.0 Å². The lowest BCUT2D eigenvalue weighted by atomic mass is 9.67. The highest BCUT2D eigenvalue weighted by atomic mass is 16.1. The van der Waals surface area contributed by atoms with Crippen LogP contribution in [0.4, 0.5) is 0 Å². The number of hydrogen-bond acceptors (Lipinski definition) is 2. The predicted octanol–water partition coefficient (Wildman–Crippen LogP) is 1.81. The summed E-state index contributed by atoms with van der Waals surface area (Å²) in [6.07, 6.45) is 6.86. The third-order valence-corrected chi connectivity index (χ3v) is 4.25. The van der Waals surface area contributed by atoms with Crippen molar-refractivity contribution in [2.75, 3.05) is 0 Å². The van der Waals surface area contributed by atoms with Gasteiger partial charge in [-0.25, -0.2) is 0 Å². The Morgan fingerprint density at radius 2 is 2.00 bits per heavy atom. The predicted molar refractivity (Wildman–Crippen MR) is 64.9 cm³/mol. The van der Waals surface area contributed by atoms with Crippen molar-refractivity contribution in [3.05, 3.63) is 0 Å². The van der Waals surface area contributed by atoms with Crippen LogP contribution in [0.15, 0.2) is 0 Å². The Balaban J connectivity index is 2.20. The van der Waals surface area contributed by atoms with Gasteiger partial charge < -0.3 is 11.1 Å². The highest BCUT2D eigenvalue weighted by molar-refractivity contribution is 5.85. The first-order valence-corrected chi connectivity index (χ1v) is 6.64. The van der Waals surface area contributed by atoms with E-state index in [4.69, 9.17) is 5.73 Å². The Morgan fingerprint density at radius 3 is 2.50 bits per heavy atom. The molecule has 2 aliphatic rings. The molecule has 92 valence electrons. The monoisotopic (exact) mass is 224 g/mol. The van der Waals surface area contributed by atoms with Crippen LogP contribution in [0.25, 0.3) is 0 Å². The second-order valence-electron chi connectivity index (χ2n) is 5.85. The molecule has 0 aliphatic heterocycles. The molecule has 2 saturated carbocycles. The van der Waals surface area contributed by atoms with Crippen LogP contribution in [-0.4, -0.2) is 17.5 Å². The minimum atomic E-state index is -0.409. The van der Waals surface area contributed by atoms with Crippen LogP contribution in [0.5, 0.6) is 0 Å². The van der Waals surface area contributed by atoms with Gasteiger partial charge in [0, 0.05) is 6.04 Å². The van der Waals surface area contributed by atoms with Crippen molar-refractivity contribution in [1.82, 2.24) is 5.32 Å². The molecule has 2 fully saturated rings. The maximum Gasteiger partial charge on any atom is 0.238 e. The third-order valence-electron chi connectivity index (χ3n) is 4.25. The standard InChI is InChI=1S/C13H24N2O/c1-9(2)11-5-3-4-8-13(11,12(14)16)15-10-6-7-10/h9-11,15H,3-8H2,1-2H3,(H2,14,16). The summed E-state index contributed by atoms with van der Waals surface area (Å²) >= 11 is 0. The van der Waals surface area contributed by atoms with E-state index in [1.54, 1.807) is 0 Å². The Hall–Kier alpha value is -0.570. The van der Waals surface area contributed by atoms with Gasteiger partial charge in [0.2, 0.25) is 5.91 Å². The SMILES string of the molecule is CC(C)C1CCCCC1(NC1CC1)C(N)=O. The molecule has 0 aromatic carbocycles. The lowest BCUT2D eigenvalue weighted by Crippen LogP contribution is -2.63. The normalized spacial score (nSPS) is 35.3. The topological polar surface area (TPSA) is 55.1 Å². The highest BCUT2D eigenvalue weighted by Crippen LogP contribution is 2.40. The van der Waals surface area contributed by atoms with Gasteiger partial charge in [0.25, 0.3) is 0 Å². The van der Waals surface area contributed by atoms with E-state index in [2.05, 4.69) is 19.2 Å². The molecule has 0 aromatic heterocycles.